The Hall–Kier alpha value is -5.75. The summed E-state index contributed by atoms with van der Waals surface area (Å²) in [5, 5.41) is 8.32. The van der Waals surface area contributed by atoms with Crippen LogP contribution in [-0.4, -0.2) is 26.0 Å². The van der Waals surface area contributed by atoms with E-state index in [0.717, 1.165) is 50.8 Å². The largest absolute Gasteiger partial charge is 0.477 e. The molecule has 7 aromatic rings. The van der Waals surface area contributed by atoms with Crippen molar-refractivity contribution in [3.8, 4) is 11.3 Å². The van der Waals surface area contributed by atoms with Gasteiger partial charge in [-0.1, -0.05) is 93.9 Å². The Morgan fingerprint density at radius 3 is 2.00 bits per heavy atom. The van der Waals surface area contributed by atoms with E-state index in [-0.39, 0.29) is 25.8 Å². The van der Waals surface area contributed by atoms with Gasteiger partial charge in [0.15, 0.2) is 0 Å². The first-order chi connectivity index (χ1) is 25.8. The molecule has 0 saturated heterocycles. The second-order valence-electron chi connectivity index (χ2n) is 13.6. The number of benzene rings is 4. The zero-order chi connectivity index (χ0) is 37.0. The normalized spacial score (nSPS) is 14.3. The van der Waals surface area contributed by atoms with Crippen LogP contribution in [0.2, 0.25) is 0 Å². The molecule has 1 N–H and O–H groups in total. The third-order valence-electron chi connectivity index (χ3n) is 9.62. The van der Waals surface area contributed by atoms with Gasteiger partial charge in [-0.2, -0.15) is 17.7 Å². The van der Waals surface area contributed by atoms with Crippen molar-refractivity contribution < 1.29 is 30.0 Å². The molecule has 1 atom stereocenters. The zero-order valence-electron chi connectivity index (χ0n) is 30.6. The van der Waals surface area contributed by atoms with Crippen molar-refractivity contribution in [2.75, 3.05) is 4.90 Å². The number of aromatic nitrogens is 3. The molecule has 7 heteroatoms. The minimum absolute atomic E-state index is 0. The Morgan fingerprint density at radius 1 is 0.685 bits per heavy atom. The number of carboxylic acid groups (broad SMARTS) is 1. The molecule has 8 rings (SSSR count). The molecule has 0 amide bonds. The Kier molecular flexibility index (Phi) is 11.6. The van der Waals surface area contributed by atoms with E-state index < -0.39 is 11.4 Å². The third-order valence-corrected chi connectivity index (χ3v) is 9.62. The molecule has 4 heterocycles. The Morgan fingerprint density at radius 2 is 1.37 bits per heavy atom. The molecule has 1 aliphatic heterocycles. The van der Waals surface area contributed by atoms with Gasteiger partial charge in [-0.15, -0.1) is 47.5 Å². The van der Waals surface area contributed by atoms with Crippen LogP contribution in [0, 0.1) is 12.1 Å². The summed E-state index contributed by atoms with van der Waals surface area (Å²) in [4.78, 5) is 26.6. The predicted molar refractivity (Wildman–Crippen MR) is 211 cm³/mol. The molecule has 0 spiro atoms. The molecule has 1 aliphatic rings. The van der Waals surface area contributed by atoms with Gasteiger partial charge in [0.05, 0.1) is 11.1 Å². The number of nitrogens with zero attached hydrogens (tertiary/aromatic N) is 4. The zero-order valence-corrected chi connectivity index (χ0v) is 33.0. The summed E-state index contributed by atoms with van der Waals surface area (Å²) in [6, 6.07) is 54.6. The fraction of sp³-hybridized carbons (Fsp3) is 0.149. The van der Waals surface area contributed by atoms with E-state index in [2.05, 4.69) is 147 Å². The first-order valence-electron chi connectivity index (χ1n) is 17.8. The van der Waals surface area contributed by atoms with Gasteiger partial charge in [0.25, 0.3) is 0 Å². The number of hydrogen-bond acceptors (Lipinski definition) is 5. The van der Waals surface area contributed by atoms with E-state index in [0.29, 0.717) is 11.8 Å². The number of para-hydroxylation sites is 1. The average molecular weight is 885 g/mol. The van der Waals surface area contributed by atoms with Crippen LogP contribution in [0.15, 0.2) is 152 Å². The van der Waals surface area contributed by atoms with Crippen LogP contribution in [0.25, 0.3) is 11.3 Å². The van der Waals surface area contributed by atoms with Crippen LogP contribution in [-0.2, 0) is 25.5 Å². The van der Waals surface area contributed by atoms with E-state index in [4.69, 9.17) is 15.1 Å². The maximum atomic E-state index is 10.1. The summed E-state index contributed by atoms with van der Waals surface area (Å²) < 4.78 is 0. The Balaban J connectivity index is 0.000000438. The maximum absolute atomic E-state index is 10.1. The number of carboxylic acids is 1. The number of fused-ring (bicyclic) bond motifs is 2. The molecule has 0 aliphatic carbocycles. The second-order valence-corrected chi connectivity index (χ2v) is 13.6. The predicted octanol–water partition coefficient (Wildman–Crippen LogP) is 10.9. The Bertz CT molecular complexity index is 2270. The monoisotopic (exact) mass is 885 g/mol. The number of aromatic carboxylic acids is 1. The maximum Gasteiger partial charge on any atom is 0.354 e. The molecule has 0 bridgehead atoms. The summed E-state index contributed by atoms with van der Waals surface area (Å²) in [6.45, 7) is 8.99. The summed E-state index contributed by atoms with van der Waals surface area (Å²) in [7, 11) is 0. The molecule has 3 aromatic heterocycles. The van der Waals surface area contributed by atoms with Gasteiger partial charge >= 0.3 is 5.97 Å². The van der Waals surface area contributed by atoms with Crippen molar-refractivity contribution in [3.63, 3.8) is 0 Å². The van der Waals surface area contributed by atoms with Gasteiger partial charge < -0.3 is 10.0 Å². The molecule has 1 radical (unpaired) electrons. The third kappa shape index (κ3) is 7.25. The number of pyridine rings is 3. The van der Waals surface area contributed by atoms with E-state index >= 15 is 0 Å². The molecule has 0 unspecified atom stereocenters. The fourth-order valence-corrected chi connectivity index (χ4v) is 6.92. The van der Waals surface area contributed by atoms with E-state index in [9.17, 15) is 4.79 Å². The first-order valence-corrected chi connectivity index (χ1v) is 17.8. The molecule has 271 valence electrons. The van der Waals surface area contributed by atoms with Crippen LogP contribution in [0.5, 0.6) is 0 Å². The van der Waals surface area contributed by atoms with Crippen molar-refractivity contribution >= 4 is 23.0 Å². The van der Waals surface area contributed by atoms with Gasteiger partial charge in [-0.3, -0.25) is 9.97 Å². The van der Waals surface area contributed by atoms with Crippen molar-refractivity contribution in [2.24, 2.45) is 0 Å². The summed E-state index contributed by atoms with van der Waals surface area (Å²) >= 11 is 0. The van der Waals surface area contributed by atoms with Crippen LogP contribution >= 0.6 is 0 Å². The molecule has 0 saturated carbocycles. The summed E-state index contributed by atoms with van der Waals surface area (Å²) in [5.74, 6) is -0.278. The van der Waals surface area contributed by atoms with Crippen LogP contribution in [0.3, 0.4) is 0 Å². The molecule has 0 fully saturated rings. The molecular formula is C47H40IrN4O2-2. The van der Waals surface area contributed by atoms with E-state index in [1.165, 1.54) is 23.4 Å². The first kappa shape index (κ1) is 38.0. The standard InChI is InChI=1S/C41H35N3.C6H5NO2.Ir/c1-28(2)31-21-23-34-37(26-31)44(33-16-9-6-10-17-33)38-27-32(29(3)4)22-24-35(38)41(34,39-19-11-12-25-42-39)40-20-13-18-36(43-40)30-14-7-5-8-15-30;8-6(9)5-3-1-2-4-7-5;/h5-14,16-23,25-29H,1-4H3;1-4H,(H,8,9);/q-2;;/t41-;;/m0../s1. The van der Waals surface area contributed by atoms with Crippen LogP contribution in [0.1, 0.15) is 83.7 Å². The minimum Gasteiger partial charge on any atom is -0.477 e. The number of hydrogen-bond donors (Lipinski definition) is 1. The number of carbonyl (C=O) groups is 1. The molecule has 4 aromatic carbocycles. The van der Waals surface area contributed by atoms with Crippen LogP contribution in [0.4, 0.5) is 17.1 Å². The van der Waals surface area contributed by atoms with Crippen molar-refractivity contribution in [1.29, 1.82) is 0 Å². The molecule has 6 nitrogen and oxygen atoms in total. The van der Waals surface area contributed by atoms with Crippen molar-refractivity contribution in [1.82, 2.24) is 15.0 Å². The summed E-state index contributed by atoms with van der Waals surface area (Å²) in [6.07, 6.45) is 3.34. The van der Waals surface area contributed by atoms with Gasteiger partial charge in [0, 0.05) is 49.6 Å². The average Bonchev–Trinajstić information content (AvgIpc) is 3.21. The molecular weight excluding hydrogens is 845 g/mol. The van der Waals surface area contributed by atoms with Crippen molar-refractivity contribution in [3.05, 3.63) is 203 Å². The van der Waals surface area contributed by atoms with Crippen molar-refractivity contribution in [2.45, 2.75) is 44.9 Å². The number of anilines is 3. The second kappa shape index (κ2) is 16.5. The van der Waals surface area contributed by atoms with Gasteiger partial charge in [-0.05, 0) is 71.3 Å². The molecule has 54 heavy (non-hydrogen) atoms. The van der Waals surface area contributed by atoms with E-state index in [1.807, 2.05) is 30.5 Å². The number of rotatable bonds is 7. The van der Waals surface area contributed by atoms with E-state index in [1.54, 1.807) is 12.1 Å². The van der Waals surface area contributed by atoms with Gasteiger partial charge in [-0.25, -0.2) is 9.78 Å². The van der Waals surface area contributed by atoms with Crippen LogP contribution < -0.4 is 4.90 Å². The Labute approximate surface area is 331 Å². The van der Waals surface area contributed by atoms with Gasteiger partial charge in [0.2, 0.25) is 0 Å². The minimum atomic E-state index is -0.990. The SMILES string of the molecule is CC(C)c1c[c-]c2c(c1)N(c1ccccc1)c1cc(C(C)C)ccc1[C@]2(c1ccccn1)c1cccc(-c2[c-]cccc2)n1.O=C(O)c1ccccn1.[Ir]. The topological polar surface area (TPSA) is 79.2 Å². The fourth-order valence-electron chi connectivity index (χ4n) is 6.92. The smallest absolute Gasteiger partial charge is 0.354 e. The quantitative estimate of drug-likeness (QED) is 0.161. The summed E-state index contributed by atoms with van der Waals surface area (Å²) in [5.41, 5.74) is 11.0. The van der Waals surface area contributed by atoms with Gasteiger partial charge in [0.1, 0.15) is 5.69 Å².